The number of halogens is 3. The maximum absolute atomic E-state index is 12.5. The first-order chi connectivity index (χ1) is 11.8. The van der Waals surface area contributed by atoms with Crippen LogP contribution in [0.5, 0.6) is 0 Å². The average Bonchev–Trinajstić information content (AvgIpc) is 2.55. The molecule has 8 heteroatoms. The second-order valence-corrected chi connectivity index (χ2v) is 5.08. The lowest BCUT2D eigenvalue weighted by atomic mass is 10.1. The van der Waals surface area contributed by atoms with Crippen molar-refractivity contribution in [1.82, 2.24) is 5.43 Å². The van der Waals surface area contributed by atoms with Crippen molar-refractivity contribution in [1.29, 1.82) is 0 Å². The van der Waals surface area contributed by atoms with Crippen LogP contribution >= 0.6 is 0 Å². The first-order valence-corrected chi connectivity index (χ1v) is 7.14. The van der Waals surface area contributed by atoms with E-state index in [1.54, 1.807) is 24.3 Å². The number of hydrogen-bond donors (Lipinski definition) is 2. The maximum Gasteiger partial charge on any atom is 0.416 e. The largest absolute Gasteiger partial charge is 0.416 e. The molecule has 130 valence electrons. The number of nitrogens with zero attached hydrogens (tertiary/aromatic N) is 1. The first-order valence-electron chi connectivity index (χ1n) is 7.14. The molecule has 0 aliphatic heterocycles. The summed E-state index contributed by atoms with van der Waals surface area (Å²) in [6.07, 6.45) is -3.07. The van der Waals surface area contributed by atoms with Crippen LogP contribution in [-0.2, 0) is 11.0 Å². The van der Waals surface area contributed by atoms with Crippen molar-refractivity contribution in [3.05, 3.63) is 65.2 Å². The van der Waals surface area contributed by atoms with E-state index in [0.717, 1.165) is 24.3 Å². The Bertz CT molecular complexity index is 782. The SMILES string of the molecule is CC(=O)Nc1ccc(C=NNC(=O)c2ccc(C(F)(F)F)cc2)cc1. The molecule has 0 aliphatic carbocycles. The lowest BCUT2D eigenvalue weighted by Gasteiger charge is -2.06. The standard InChI is InChI=1S/C17H14F3N3O2/c1-11(24)22-15-8-2-12(3-9-15)10-21-23-16(25)13-4-6-14(7-5-13)17(18,19)20/h2-10H,1H3,(H,22,24)(H,23,25). The van der Waals surface area contributed by atoms with E-state index in [1.165, 1.54) is 13.1 Å². The monoisotopic (exact) mass is 349 g/mol. The van der Waals surface area contributed by atoms with E-state index in [0.29, 0.717) is 11.3 Å². The summed E-state index contributed by atoms with van der Waals surface area (Å²) in [5.74, 6) is -0.815. The molecule has 2 aromatic carbocycles. The van der Waals surface area contributed by atoms with Gasteiger partial charge in [0.2, 0.25) is 5.91 Å². The Kier molecular flexibility index (Phi) is 5.53. The van der Waals surface area contributed by atoms with Gasteiger partial charge in [-0.05, 0) is 42.0 Å². The van der Waals surface area contributed by atoms with Crippen molar-refractivity contribution in [3.63, 3.8) is 0 Å². The third-order valence-electron chi connectivity index (χ3n) is 3.09. The smallest absolute Gasteiger partial charge is 0.326 e. The van der Waals surface area contributed by atoms with Crippen molar-refractivity contribution in [3.8, 4) is 0 Å². The van der Waals surface area contributed by atoms with Crippen molar-refractivity contribution in [2.24, 2.45) is 5.10 Å². The van der Waals surface area contributed by atoms with E-state index in [2.05, 4.69) is 15.8 Å². The summed E-state index contributed by atoms with van der Waals surface area (Å²) in [7, 11) is 0. The summed E-state index contributed by atoms with van der Waals surface area (Å²) in [5, 5.41) is 6.36. The second-order valence-electron chi connectivity index (χ2n) is 5.08. The number of amides is 2. The predicted octanol–water partition coefficient (Wildman–Crippen LogP) is 3.43. The Hall–Kier alpha value is -3.16. The molecule has 0 aliphatic rings. The molecule has 2 N–H and O–H groups in total. The molecule has 0 fully saturated rings. The van der Waals surface area contributed by atoms with Gasteiger partial charge in [0.1, 0.15) is 0 Å². The first kappa shape index (κ1) is 18.2. The van der Waals surface area contributed by atoms with Gasteiger partial charge >= 0.3 is 6.18 Å². The fraction of sp³-hybridized carbons (Fsp3) is 0.118. The zero-order chi connectivity index (χ0) is 18.4. The summed E-state index contributed by atoms with van der Waals surface area (Å²) < 4.78 is 37.4. The Labute approximate surface area is 141 Å². The summed E-state index contributed by atoms with van der Waals surface area (Å²) in [5.41, 5.74) is 2.76. The van der Waals surface area contributed by atoms with Gasteiger partial charge in [0, 0.05) is 18.2 Å². The molecule has 5 nitrogen and oxygen atoms in total. The minimum Gasteiger partial charge on any atom is -0.326 e. The summed E-state index contributed by atoms with van der Waals surface area (Å²) in [4.78, 5) is 22.7. The highest BCUT2D eigenvalue weighted by atomic mass is 19.4. The maximum atomic E-state index is 12.5. The Morgan fingerprint density at radius 1 is 1.00 bits per heavy atom. The quantitative estimate of drug-likeness (QED) is 0.656. The average molecular weight is 349 g/mol. The molecular formula is C17H14F3N3O2. The normalized spacial score (nSPS) is 11.4. The van der Waals surface area contributed by atoms with Crippen LogP contribution in [0.25, 0.3) is 0 Å². The number of benzene rings is 2. The Balaban J connectivity index is 1.95. The molecule has 2 rings (SSSR count). The van der Waals surface area contributed by atoms with Gasteiger partial charge in [-0.1, -0.05) is 12.1 Å². The molecule has 0 radical (unpaired) electrons. The molecule has 0 heterocycles. The molecule has 0 unspecified atom stereocenters. The summed E-state index contributed by atoms with van der Waals surface area (Å²) in [6, 6.07) is 10.5. The fourth-order valence-corrected chi connectivity index (χ4v) is 1.90. The third kappa shape index (κ3) is 5.45. The van der Waals surface area contributed by atoms with Gasteiger partial charge in [-0.3, -0.25) is 9.59 Å². The summed E-state index contributed by atoms with van der Waals surface area (Å²) in [6.45, 7) is 1.39. The number of hydrogen-bond acceptors (Lipinski definition) is 3. The molecule has 0 saturated heterocycles. The van der Waals surface area contributed by atoms with Gasteiger partial charge < -0.3 is 5.32 Å². The van der Waals surface area contributed by atoms with Crippen LogP contribution in [0, 0.1) is 0 Å². The van der Waals surface area contributed by atoms with Crippen LogP contribution in [0.1, 0.15) is 28.4 Å². The highest BCUT2D eigenvalue weighted by molar-refractivity contribution is 5.95. The predicted molar refractivity (Wildman–Crippen MR) is 87.2 cm³/mol. The number of carbonyl (C=O) groups is 2. The van der Waals surface area contributed by atoms with Crippen molar-refractivity contribution >= 4 is 23.7 Å². The van der Waals surface area contributed by atoms with Gasteiger partial charge in [0.05, 0.1) is 11.8 Å². The Morgan fingerprint density at radius 2 is 1.60 bits per heavy atom. The number of alkyl halides is 3. The second kappa shape index (κ2) is 7.61. The third-order valence-corrected chi connectivity index (χ3v) is 3.09. The van der Waals surface area contributed by atoms with Crippen molar-refractivity contribution in [2.75, 3.05) is 5.32 Å². The van der Waals surface area contributed by atoms with Crippen LogP contribution in [0.2, 0.25) is 0 Å². The van der Waals surface area contributed by atoms with Crippen LogP contribution in [0.3, 0.4) is 0 Å². The number of carbonyl (C=O) groups excluding carboxylic acids is 2. The minimum absolute atomic E-state index is 0.0613. The van der Waals surface area contributed by atoms with E-state index >= 15 is 0 Å². The van der Waals surface area contributed by atoms with E-state index in [4.69, 9.17) is 0 Å². The highest BCUT2D eigenvalue weighted by Gasteiger charge is 2.30. The van der Waals surface area contributed by atoms with Crippen LogP contribution in [0.4, 0.5) is 18.9 Å². The number of nitrogens with one attached hydrogen (secondary N) is 2. The van der Waals surface area contributed by atoms with E-state index in [-0.39, 0.29) is 11.5 Å². The highest BCUT2D eigenvalue weighted by Crippen LogP contribution is 2.29. The van der Waals surface area contributed by atoms with E-state index < -0.39 is 17.6 Å². The van der Waals surface area contributed by atoms with Crippen LogP contribution in [-0.4, -0.2) is 18.0 Å². The molecule has 0 bridgehead atoms. The van der Waals surface area contributed by atoms with E-state index in [9.17, 15) is 22.8 Å². The molecule has 25 heavy (non-hydrogen) atoms. The zero-order valence-electron chi connectivity index (χ0n) is 13.1. The lowest BCUT2D eigenvalue weighted by molar-refractivity contribution is -0.137. The van der Waals surface area contributed by atoms with Crippen molar-refractivity contribution in [2.45, 2.75) is 13.1 Å². The van der Waals surface area contributed by atoms with Gasteiger partial charge in [-0.25, -0.2) is 5.43 Å². The fourth-order valence-electron chi connectivity index (χ4n) is 1.90. The number of rotatable bonds is 4. The van der Waals surface area contributed by atoms with Gasteiger partial charge in [0.25, 0.3) is 5.91 Å². The van der Waals surface area contributed by atoms with Crippen molar-refractivity contribution < 1.29 is 22.8 Å². The Morgan fingerprint density at radius 3 is 2.12 bits per heavy atom. The molecule has 0 spiro atoms. The molecular weight excluding hydrogens is 335 g/mol. The molecule has 0 atom stereocenters. The molecule has 0 aromatic heterocycles. The zero-order valence-corrected chi connectivity index (χ0v) is 13.1. The van der Waals surface area contributed by atoms with Gasteiger partial charge in [-0.15, -0.1) is 0 Å². The number of hydrazone groups is 1. The minimum atomic E-state index is -4.45. The van der Waals surface area contributed by atoms with Gasteiger partial charge in [0.15, 0.2) is 0 Å². The van der Waals surface area contributed by atoms with Gasteiger partial charge in [-0.2, -0.15) is 18.3 Å². The topological polar surface area (TPSA) is 70.6 Å². The molecule has 2 amide bonds. The van der Waals surface area contributed by atoms with Crippen LogP contribution < -0.4 is 10.7 Å². The van der Waals surface area contributed by atoms with E-state index in [1.807, 2.05) is 0 Å². The van der Waals surface area contributed by atoms with Crippen LogP contribution in [0.15, 0.2) is 53.6 Å². The number of anilines is 1. The molecule has 0 saturated carbocycles. The summed E-state index contributed by atoms with van der Waals surface area (Å²) >= 11 is 0. The molecule has 2 aromatic rings. The lowest BCUT2D eigenvalue weighted by Crippen LogP contribution is -2.18.